The summed E-state index contributed by atoms with van der Waals surface area (Å²) in [6, 6.07) is 20.6. The molecule has 0 aliphatic rings. The van der Waals surface area contributed by atoms with Crippen molar-refractivity contribution in [2.75, 3.05) is 6.54 Å². The predicted molar refractivity (Wildman–Crippen MR) is 95.0 cm³/mol. The van der Waals surface area contributed by atoms with Crippen LogP contribution in [0.15, 0.2) is 73.3 Å². The van der Waals surface area contributed by atoms with Crippen LogP contribution in [0.3, 0.4) is 0 Å². The lowest BCUT2D eigenvalue weighted by Gasteiger charge is -2.21. The van der Waals surface area contributed by atoms with Crippen LogP contribution in [0.5, 0.6) is 0 Å². The number of amides is 1. The molecule has 2 aromatic rings. The van der Waals surface area contributed by atoms with Crippen molar-refractivity contribution < 1.29 is 4.79 Å². The van der Waals surface area contributed by atoms with Crippen LogP contribution < -0.4 is 5.32 Å². The van der Waals surface area contributed by atoms with Crippen LogP contribution in [0.25, 0.3) is 0 Å². The second-order valence-corrected chi connectivity index (χ2v) is 6.46. The molecule has 2 nitrogen and oxygen atoms in total. The first kappa shape index (κ1) is 16.4. The topological polar surface area (TPSA) is 29.1 Å². The highest BCUT2D eigenvalue weighted by Gasteiger charge is 2.21. The number of carbonyl (C=O) groups excluding carboxylic acids is 1. The van der Waals surface area contributed by atoms with E-state index in [9.17, 15) is 4.79 Å². The van der Waals surface area contributed by atoms with Gasteiger partial charge in [-0.25, -0.2) is 0 Å². The average molecular weight is 311 g/mol. The molecule has 1 amide bonds. The van der Waals surface area contributed by atoms with Crippen molar-refractivity contribution in [3.63, 3.8) is 0 Å². The van der Waals surface area contributed by atoms with Crippen LogP contribution in [-0.2, 0) is 4.79 Å². The molecule has 0 aliphatic heterocycles. The zero-order valence-electron chi connectivity index (χ0n) is 12.7. The zero-order valence-corrected chi connectivity index (χ0v) is 13.6. The molecule has 0 saturated carbocycles. The van der Waals surface area contributed by atoms with Crippen molar-refractivity contribution in [2.45, 2.75) is 17.4 Å². The number of nitrogens with one attached hydrogen (secondary N) is 1. The summed E-state index contributed by atoms with van der Waals surface area (Å²) in [4.78, 5) is 12.1. The van der Waals surface area contributed by atoms with Crippen molar-refractivity contribution in [1.82, 2.24) is 5.32 Å². The van der Waals surface area contributed by atoms with Gasteiger partial charge < -0.3 is 5.32 Å². The molecular formula is C19H21NOS. The SMILES string of the molecule is C=CCNC(=O)[C@@H](C)SC(c1ccccc1)c1ccccc1. The summed E-state index contributed by atoms with van der Waals surface area (Å²) in [6.45, 7) is 6.08. The summed E-state index contributed by atoms with van der Waals surface area (Å²) in [7, 11) is 0. The van der Waals surface area contributed by atoms with E-state index in [1.165, 1.54) is 11.1 Å². The fourth-order valence-electron chi connectivity index (χ4n) is 2.19. The molecule has 1 atom stereocenters. The van der Waals surface area contributed by atoms with Crippen molar-refractivity contribution in [3.05, 3.63) is 84.4 Å². The Hall–Kier alpha value is -2.00. The first-order chi connectivity index (χ1) is 10.7. The van der Waals surface area contributed by atoms with Gasteiger partial charge in [0.25, 0.3) is 0 Å². The molecule has 114 valence electrons. The lowest BCUT2D eigenvalue weighted by molar-refractivity contribution is -0.120. The monoisotopic (exact) mass is 311 g/mol. The third kappa shape index (κ3) is 4.50. The molecule has 0 heterocycles. The minimum Gasteiger partial charge on any atom is -0.352 e. The summed E-state index contributed by atoms with van der Waals surface area (Å²) >= 11 is 1.66. The number of carbonyl (C=O) groups is 1. The Bertz CT molecular complexity index is 558. The molecule has 2 aromatic carbocycles. The molecule has 1 N–H and O–H groups in total. The van der Waals surface area contributed by atoms with E-state index < -0.39 is 0 Å². The molecule has 0 aliphatic carbocycles. The van der Waals surface area contributed by atoms with Gasteiger partial charge in [0.2, 0.25) is 5.91 Å². The van der Waals surface area contributed by atoms with E-state index in [1.54, 1.807) is 17.8 Å². The Morgan fingerprint density at radius 1 is 1.09 bits per heavy atom. The highest BCUT2D eigenvalue weighted by molar-refractivity contribution is 8.01. The van der Waals surface area contributed by atoms with E-state index in [4.69, 9.17) is 0 Å². The first-order valence-corrected chi connectivity index (χ1v) is 8.30. The standard InChI is InChI=1S/C19H21NOS/c1-3-14-20-19(21)15(2)22-18(16-10-6-4-7-11-16)17-12-8-5-9-13-17/h3-13,15,18H,1,14H2,2H3,(H,20,21)/t15-/m1/s1. The molecule has 0 bridgehead atoms. The van der Waals surface area contributed by atoms with Crippen LogP contribution in [0, 0.1) is 0 Å². The summed E-state index contributed by atoms with van der Waals surface area (Å²) in [6.07, 6.45) is 1.70. The van der Waals surface area contributed by atoms with Gasteiger partial charge in [-0.2, -0.15) is 0 Å². The van der Waals surface area contributed by atoms with E-state index in [0.717, 1.165) is 0 Å². The quantitative estimate of drug-likeness (QED) is 0.776. The summed E-state index contributed by atoms with van der Waals surface area (Å²) in [5.74, 6) is 0.0433. The number of hydrogen-bond acceptors (Lipinski definition) is 2. The lowest BCUT2D eigenvalue weighted by Crippen LogP contribution is -2.31. The van der Waals surface area contributed by atoms with Gasteiger partial charge in [-0.05, 0) is 18.1 Å². The highest BCUT2D eigenvalue weighted by atomic mass is 32.2. The van der Waals surface area contributed by atoms with Gasteiger partial charge in [-0.3, -0.25) is 4.79 Å². The van der Waals surface area contributed by atoms with Gasteiger partial charge >= 0.3 is 0 Å². The smallest absolute Gasteiger partial charge is 0.233 e. The van der Waals surface area contributed by atoms with E-state index in [0.29, 0.717) is 6.54 Å². The molecular weight excluding hydrogens is 290 g/mol. The van der Waals surface area contributed by atoms with Crippen LogP contribution in [-0.4, -0.2) is 17.7 Å². The number of rotatable bonds is 7. The summed E-state index contributed by atoms with van der Waals surface area (Å²) < 4.78 is 0. The molecule has 22 heavy (non-hydrogen) atoms. The van der Waals surface area contributed by atoms with Crippen LogP contribution in [0.1, 0.15) is 23.3 Å². The van der Waals surface area contributed by atoms with Gasteiger partial charge in [0.1, 0.15) is 0 Å². The van der Waals surface area contributed by atoms with Crippen LogP contribution in [0.4, 0.5) is 0 Å². The van der Waals surface area contributed by atoms with Gasteiger partial charge in [-0.1, -0.05) is 66.7 Å². The third-order valence-electron chi connectivity index (χ3n) is 3.33. The molecule has 3 heteroatoms. The minimum atomic E-state index is -0.134. The Morgan fingerprint density at radius 3 is 2.05 bits per heavy atom. The summed E-state index contributed by atoms with van der Waals surface area (Å²) in [5.41, 5.74) is 2.42. The van der Waals surface area contributed by atoms with Crippen molar-refractivity contribution in [1.29, 1.82) is 0 Å². The fourth-order valence-corrected chi connectivity index (χ4v) is 3.43. The number of benzene rings is 2. The summed E-state index contributed by atoms with van der Waals surface area (Å²) in [5, 5.41) is 2.87. The van der Waals surface area contributed by atoms with Crippen LogP contribution >= 0.6 is 11.8 Å². The molecule has 0 fully saturated rings. The average Bonchev–Trinajstić information content (AvgIpc) is 2.58. The van der Waals surface area contributed by atoms with Crippen molar-refractivity contribution in [3.8, 4) is 0 Å². The Morgan fingerprint density at radius 2 is 1.59 bits per heavy atom. The van der Waals surface area contributed by atoms with E-state index in [2.05, 4.69) is 36.2 Å². The predicted octanol–water partition coefficient (Wildman–Crippen LogP) is 4.20. The van der Waals surface area contributed by atoms with E-state index in [-0.39, 0.29) is 16.4 Å². The van der Waals surface area contributed by atoms with Gasteiger partial charge in [-0.15, -0.1) is 18.3 Å². The molecule has 0 radical (unpaired) electrons. The van der Waals surface area contributed by atoms with Gasteiger partial charge in [0, 0.05) is 6.54 Å². The third-order valence-corrected chi connectivity index (χ3v) is 4.77. The maximum atomic E-state index is 12.1. The Balaban J connectivity index is 2.19. The lowest BCUT2D eigenvalue weighted by atomic mass is 10.0. The Kier molecular flexibility index (Phi) is 6.28. The molecule has 2 rings (SSSR count). The first-order valence-electron chi connectivity index (χ1n) is 7.36. The normalized spacial score (nSPS) is 11.9. The fraction of sp³-hybridized carbons (Fsp3) is 0.211. The largest absolute Gasteiger partial charge is 0.352 e. The zero-order chi connectivity index (χ0) is 15.8. The minimum absolute atomic E-state index is 0.0433. The maximum Gasteiger partial charge on any atom is 0.233 e. The molecule has 0 saturated heterocycles. The van der Waals surface area contributed by atoms with Gasteiger partial charge in [0.05, 0.1) is 10.5 Å². The molecule has 0 aromatic heterocycles. The maximum absolute atomic E-state index is 12.1. The van der Waals surface area contributed by atoms with Crippen LogP contribution in [0.2, 0.25) is 0 Å². The second-order valence-electron chi connectivity index (χ2n) is 5.01. The van der Waals surface area contributed by atoms with Crippen molar-refractivity contribution >= 4 is 17.7 Å². The number of thioether (sulfide) groups is 1. The second kappa shape index (κ2) is 8.44. The van der Waals surface area contributed by atoms with Crippen molar-refractivity contribution in [2.24, 2.45) is 0 Å². The highest BCUT2D eigenvalue weighted by Crippen LogP contribution is 2.38. The van der Waals surface area contributed by atoms with E-state index in [1.807, 2.05) is 43.3 Å². The number of hydrogen-bond donors (Lipinski definition) is 1. The Labute approximate surface area is 136 Å². The van der Waals surface area contributed by atoms with Gasteiger partial charge in [0.15, 0.2) is 0 Å². The molecule has 0 unspecified atom stereocenters. The van der Waals surface area contributed by atoms with E-state index >= 15 is 0 Å². The molecule has 0 spiro atoms.